The van der Waals surface area contributed by atoms with Crippen LogP contribution in [0.15, 0.2) is 53.6 Å². The fourth-order valence-corrected chi connectivity index (χ4v) is 3.64. The minimum Gasteiger partial charge on any atom is -0.494 e. The molecule has 0 radical (unpaired) electrons. The lowest BCUT2D eigenvalue weighted by atomic mass is 10.0. The summed E-state index contributed by atoms with van der Waals surface area (Å²) in [7, 11) is 3.03. The Hall–Kier alpha value is -3.87. The van der Waals surface area contributed by atoms with Gasteiger partial charge in [-0.1, -0.05) is 6.07 Å². The molecule has 146 valence electrons. The molecule has 2 N–H and O–H groups in total. The standard InChI is InChI=1S/C22H19N3O4/c1-12-18(25-9-5-4-6-17(25)21(12)29-3)19(26)13-7-8-16-14(10-13)20(27)15(11-24-16)22(28)23-2/h4-11H,1-3H3,(H,23,28)(H,24,27). The molecule has 1 aromatic carbocycles. The van der Waals surface area contributed by atoms with Gasteiger partial charge in [0.25, 0.3) is 5.91 Å². The number of aromatic amines is 1. The number of benzene rings is 1. The number of rotatable bonds is 4. The van der Waals surface area contributed by atoms with Crippen molar-refractivity contribution in [3.63, 3.8) is 0 Å². The van der Waals surface area contributed by atoms with Crippen LogP contribution in [0.25, 0.3) is 16.4 Å². The molecule has 0 aliphatic heterocycles. The molecule has 0 aliphatic carbocycles. The summed E-state index contributed by atoms with van der Waals surface area (Å²) < 4.78 is 7.28. The minimum atomic E-state index is -0.483. The summed E-state index contributed by atoms with van der Waals surface area (Å²) in [4.78, 5) is 41.0. The van der Waals surface area contributed by atoms with Gasteiger partial charge < -0.3 is 19.4 Å². The lowest BCUT2D eigenvalue weighted by molar-refractivity contribution is 0.0961. The average Bonchev–Trinajstić information content (AvgIpc) is 3.03. The molecule has 0 fully saturated rings. The van der Waals surface area contributed by atoms with Crippen LogP contribution in [0.3, 0.4) is 0 Å². The van der Waals surface area contributed by atoms with Crippen molar-refractivity contribution in [1.82, 2.24) is 14.7 Å². The van der Waals surface area contributed by atoms with E-state index < -0.39 is 11.3 Å². The Kier molecular flexibility index (Phi) is 4.43. The van der Waals surface area contributed by atoms with Crippen LogP contribution >= 0.6 is 0 Å². The summed E-state index contributed by atoms with van der Waals surface area (Å²) in [5.74, 6) is -0.0869. The lowest BCUT2D eigenvalue weighted by Gasteiger charge is -2.06. The first-order valence-corrected chi connectivity index (χ1v) is 9.03. The summed E-state index contributed by atoms with van der Waals surface area (Å²) in [6.45, 7) is 1.83. The zero-order valence-corrected chi connectivity index (χ0v) is 16.2. The zero-order valence-electron chi connectivity index (χ0n) is 16.2. The number of carbonyl (C=O) groups excluding carboxylic acids is 2. The summed E-state index contributed by atoms with van der Waals surface area (Å²) in [6.07, 6.45) is 3.18. The van der Waals surface area contributed by atoms with E-state index in [1.807, 2.05) is 25.1 Å². The Morgan fingerprint density at radius 3 is 2.69 bits per heavy atom. The number of aromatic nitrogens is 2. The van der Waals surface area contributed by atoms with E-state index in [2.05, 4.69) is 10.3 Å². The van der Waals surface area contributed by atoms with E-state index in [4.69, 9.17) is 4.74 Å². The third kappa shape index (κ3) is 2.79. The number of pyridine rings is 2. The van der Waals surface area contributed by atoms with Crippen LogP contribution in [0.5, 0.6) is 5.75 Å². The van der Waals surface area contributed by atoms with Gasteiger partial charge >= 0.3 is 0 Å². The van der Waals surface area contributed by atoms with Crippen molar-refractivity contribution in [2.24, 2.45) is 0 Å². The average molecular weight is 389 g/mol. The van der Waals surface area contributed by atoms with Gasteiger partial charge in [-0.25, -0.2) is 0 Å². The number of carbonyl (C=O) groups is 2. The number of ether oxygens (including phenoxy) is 1. The molecular weight excluding hydrogens is 370 g/mol. The molecule has 0 unspecified atom stereocenters. The van der Waals surface area contributed by atoms with E-state index in [9.17, 15) is 14.4 Å². The number of nitrogens with zero attached hydrogens (tertiary/aromatic N) is 1. The minimum absolute atomic E-state index is 0.00409. The van der Waals surface area contributed by atoms with Crippen molar-refractivity contribution < 1.29 is 14.3 Å². The van der Waals surface area contributed by atoms with Gasteiger partial charge in [-0.15, -0.1) is 0 Å². The molecule has 0 spiro atoms. The zero-order chi connectivity index (χ0) is 20.7. The van der Waals surface area contributed by atoms with Gasteiger partial charge in [0.15, 0.2) is 0 Å². The molecule has 29 heavy (non-hydrogen) atoms. The highest BCUT2D eigenvalue weighted by atomic mass is 16.5. The van der Waals surface area contributed by atoms with Gasteiger partial charge in [-0.2, -0.15) is 0 Å². The topological polar surface area (TPSA) is 92.7 Å². The Bertz CT molecular complexity index is 1350. The first-order valence-electron chi connectivity index (χ1n) is 9.03. The number of hydrogen-bond donors (Lipinski definition) is 2. The van der Waals surface area contributed by atoms with Crippen molar-refractivity contribution in [3.05, 3.63) is 81.4 Å². The fraction of sp³-hybridized carbons (Fsp3) is 0.136. The van der Waals surface area contributed by atoms with Crippen molar-refractivity contribution in [1.29, 1.82) is 0 Å². The highest BCUT2D eigenvalue weighted by Gasteiger charge is 2.23. The molecule has 4 rings (SSSR count). The summed E-state index contributed by atoms with van der Waals surface area (Å²) in [5, 5.41) is 2.72. The van der Waals surface area contributed by atoms with E-state index in [1.165, 1.54) is 19.3 Å². The van der Waals surface area contributed by atoms with Crippen molar-refractivity contribution in [3.8, 4) is 5.75 Å². The molecule has 7 heteroatoms. The normalized spacial score (nSPS) is 11.0. The molecule has 0 saturated heterocycles. The van der Waals surface area contributed by atoms with Gasteiger partial charge in [0.2, 0.25) is 11.2 Å². The van der Waals surface area contributed by atoms with Gasteiger partial charge in [0.05, 0.1) is 12.6 Å². The summed E-state index contributed by atoms with van der Waals surface area (Å²) in [5.41, 5.74) is 2.45. The predicted molar refractivity (Wildman–Crippen MR) is 110 cm³/mol. The van der Waals surface area contributed by atoms with Crippen LogP contribution in [-0.4, -0.2) is 35.2 Å². The fourth-order valence-electron chi connectivity index (χ4n) is 3.64. The van der Waals surface area contributed by atoms with Gasteiger partial charge in [-0.05, 0) is 37.3 Å². The Morgan fingerprint density at radius 2 is 1.97 bits per heavy atom. The highest BCUT2D eigenvalue weighted by Crippen LogP contribution is 2.31. The number of fused-ring (bicyclic) bond motifs is 2. The number of H-pyrrole nitrogens is 1. The second-order valence-electron chi connectivity index (χ2n) is 6.66. The van der Waals surface area contributed by atoms with Crippen LogP contribution in [-0.2, 0) is 0 Å². The molecule has 0 bridgehead atoms. The molecule has 0 atom stereocenters. The maximum atomic E-state index is 13.4. The molecule has 0 aliphatic rings. The Labute approximate surface area is 165 Å². The largest absolute Gasteiger partial charge is 0.494 e. The van der Waals surface area contributed by atoms with E-state index in [0.29, 0.717) is 22.5 Å². The first-order chi connectivity index (χ1) is 14.0. The quantitative estimate of drug-likeness (QED) is 0.525. The smallest absolute Gasteiger partial charge is 0.256 e. The number of methoxy groups -OCH3 is 1. The SMILES string of the molecule is CNC(=O)c1c[nH]c2ccc(C(=O)c3c(C)c(OC)c4ccccn34)cc2c1=O. The van der Waals surface area contributed by atoms with Gasteiger partial charge in [-0.3, -0.25) is 14.4 Å². The molecule has 4 aromatic rings. The van der Waals surface area contributed by atoms with Crippen molar-refractivity contribution >= 4 is 28.1 Å². The van der Waals surface area contributed by atoms with Crippen LogP contribution < -0.4 is 15.5 Å². The number of nitrogens with one attached hydrogen (secondary N) is 2. The highest BCUT2D eigenvalue weighted by molar-refractivity contribution is 6.12. The lowest BCUT2D eigenvalue weighted by Crippen LogP contribution is -2.25. The van der Waals surface area contributed by atoms with Crippen molar-refractivity contribution in [2.45, 2.75) is 6.92 Å². The van der Waals surface area contributed by atoms with Crippen LogP contribution in [0.2, 0.25) is 0 Å². The summed E-state index contributed by atoms with van der Waals surface area (Å²) in [6, 6.07) is 10.4. The first kappa shape index (κ1) is 18.5. The van der Waals surface area contributed by atoms with Crippen LogP contribution in [0.4, 0.5) is 0 Å². The molecule has 7 nitrogen and oxygen atoms in total. The maximum Gasteiger partial charge on any atom is 0.256 e. The number of ketones is 1. The van der Waals surface area contributed by atoms with Gasteiger partial charge in [0, 0.05) is 41.5 Å². The van der Waals surface area contributed by atoms with Crippen LogP contribution in [0.1, 0.15) is 32.0 Å². The molecule has 3 aromatic heterocycles. The predicted octanol–water partition coefficient (Wildman–Crippen LogP) is 2.69. The molecule has 1 amide bonds. The second kappa shape index (κ2) is 6.94. The number of amides is 1. The molecular formula is C22H19N3O4. The van der Waals surface area contributed by atoms with Gasteiger partial charge in [0.1, 0.15) is 17.0 Å². The molecule has 3 heterocycles. The maximum absolute atomic E-state index is 13.4. The van der Waals surface area contributed by atoms with Crippen molar-refractivity contribution in [2.75, 3.05) is 14.2 Å². The Morgan fingerprint density at radius 1 is 1.17 bits per heavy atom. The molecule has 0 saturated carbocycles. The monoisotopic (exact) mass is 389 g/mol. The van der Waals surface area contributed by atoms with E-state index in [0.717, 1.165) is 11.1 Å². The number of hydrogen-bond acceptors (Lipinski definition) is 4. The summed E-state index contributed by atoms with van der Waals surface area (Å²) >= 11 is 0. The van der Waals surface area contributed by atoms with E-state index in [1.54, 1.807) is 29.8 Å². The second-order valence-corrected chi connectivity index (χ2v) is 6.66. The van der Waals surface area contributed by atoms with E-state index in [-0.39, 0.29) is 16.7 Å². The Balaban J connectivity index is 1.92. The van der Waals surface area contributed by atoms with Crippen LogP contribution in [0, 0.1) is 6.92 Å². The third-order valence-corrected chi connectivity index (χ3v) is 5.06. The third-order valence-electron chi connectivity index (χ3n) is 5.06. The van der Waals surface area contributed by atoms with E-state index >= 15 is 0 Å².